The summed E-state index contributed by atoms with van der Waals surface area (Å²) >= 11 is 0. The van der Waals surface area contributed by atoms with E-state index >= 15 is 0 Å². The van der Waals surface area contributed by atoms with E-state index in [4.69, 9.17) is 0 Å². The Hall–Kier alpha value is -0.570. The standard InChI is InChI=1S/C13H26N2O/c1-9(2)7-11-5-6-14-8-12(11)15-13(16)10(3)4/h9-12,14H,5-8H2,1-4H3,(H,15,16). The lowest BCUT2D eigenvalue weighted by atomic mass is 9.85. The van der Waals surface area contributed by atoms with Crippen molar-refractivity contribution in [3.8, 4) is 0 Å². The minimum Gasteiger partial charge on any atom is -0.352 e. The van der Waals surface area contributed by atoms with Crippen LogP contribution in [0.4, 0.5) is 0 Å². The van der Waals surface area contributed by atoms with Crippen LogP contribution in [0.5, 0.6) is 0 Å². The normalized spacial score (nSPS) is 26.1. The van der Waals surface area contributed by atoms with Crippen molar-refractivity contribution in [2.24, 2.45) is 17.8 Å². The lowest BCUT2D eigenvalue weighted by Crippen LogP contribution is -2.52. The fraction of sp³-hybridized carbons (Fsp3) is 0.923. The molecule has 1 fully saturated rings. The van der Waals surface area contributed by atoms with Gasteiger partial charge in [0.25, 0.3) is 0 Å². The molecule has 0 bridgehead atoms. The summed E-state index contributed by atoms with van der Waals surface area (Å²) < 4.78 is 0. The molecular formula is C13H26N2O. The van der Waals surface area contributed by atoms with Gasteiger partial charge in [0.1, 0.15) is 0 Å². The molecule has 0 aromatic rings. The Morgan fingerprint density at radius 3 is 2.62 bits per heavy atom. The maximum Gasteiger partial charge on any atom is 0.222 e. The molecule has 94 valence electrons. The molecule has 1 aliphatic heterocycles. The first-order chi connectivity index (χ1) is 7.50. The third kappa shape index (κ3) is 4.12. The minimum absolute atomic E-state index is 0.0848. The molecule has 0 aromatic heterocycles. The van der Waals surface area contributed by atoms with Crippen LogP contribution in [0.1, 0.15) is 40.5 Å². The molecule has 1 rings (SSSR count). The summed E-state index contributed by atoms with van der Waals surface area (Å²) in [6.07, 6.45) is 2.39. The second-order valence-electron chi connectivity index (χ2n) is 5.65. The number of piperidine rings is 1. The van der Waals surface area contributed by atoms with E-state index < -0.39 is 0 Å². The molecule has 0 spiro atoms. The highest BCUT2D eigenvalue weighted by Crippen LogP contribution is 2.21. The van der Waals surface area contributed by atoms with E-state index in [1.165, 1.54) is 12.8 Å². The zero-order chi connectivity index (χ0) is 12.1. The Morgan fingerprint density at radius 2 is 2.06 bits per heavy atom. The molecule has 1 saturated heterocycles. The lowest BCUT2D eigenvalue weighted by molar-refractivity contribution is -0.125. The highest BCUT2D eigenvalue weighted by atomic mass is 16.1. The van der Waals surface area contributed by atoms with Crippen molar-refractivity contribution in [3.63, 3.8) is 0 Å². The Bertz CT molecular complexity index is 226. The summed E-state index contributed by atoms with van der Waals surface area (Å²) in [5.41, 5.74) is 0. The number of hydrogen-bond acceptors (Lipinski definition) is 2. The molecule has 16 heavy (non-hydrogen) atoms. The molecule has 2 unspecified atom stereocenters. The van der Waals surface area contributed by atoms with Gasteiger partial charge in [-0.1, -0.05) is 27.7 Å². The Balaban J connectivity index is 2.49. The molecule has 3 heteroatoms. The first kappa shape index (κ1) is 13.5. The van der Waals surface area contributed by atoms with Crippen molar-refractivity contribution in [2.75, 3.05) is 13.1 Å². The van der Waals surface area contributed by atoms with Crippen LogP contribution in [0.25, 0.3) is 0 Å². The lowest BCUT2D eigenvalue weighted by Gasteiger charge is -2.34. The van der Waals surface area contributed by atoms with Gasteiger partial charge in [-0.05, 0) is 31.2 Å². The average molecular weight is 226 g/mol. The summed E-state index contributed by atoms with van der Waals surface area (Å²) in [4.78, 5) is 11.7. The Labute approximate surface area is 99.4 Å². The Kier molecular flexibility index (Phi) is 5.26. The first-order valence-electron chi connectivity index (χ1n) is 6.51. The summed E-state index contributed by atoms with van der Waals surface area (Å²) in [6.45, 7) is 10.4. The van der Waals surface area contributed by atoms with Gasteiger partial charge in [-0.2, -0.15) is 0 Å². The van der Waals surface area contributed by atoms with Crippen LogP contribution >= 0.6 is 0 Å². The predicted molar refractivity (Wildman–Crippen MR) is 67.2 cm³/mol. The fourth-order valence-corrected chi connectivity index (χ4v) is 2.32. The topological polar surface area (TPSA) is 41.1 Å². The van der Waals surface area contributed by atoms with Gasteiger partial charge in [0.2, 0.25) is 5.91 Å². The largest absolute Gasteiger partial charge is 0.352 e. The number of rotatable bonds is 4. The average Bonchev–Trinajstić information content (AvgIpc) is 2.20. The molecule has 0 saturated carbocycles. The smallest absolute Gasteiger partial charge is 0.222 e. The van der Waals surface area contributed by atoms with E-state index in [-0.39, 0.29) is 11.8 Å². The third-order valence-electron chi connectivity index (χ3n) is 3.25. The van der Waals surface area contributed by atoms with Crippen LogP contribution in [-0.2, 0) is 4.79 Å². The third-order valence-corrected chi connectivity index (χ3v) is 3.25. The van der Waals surface area contributed by atoms with Gasteiger partial charge in [-0.3, -0.25) is 4.79 Å². The van der Waals surface area contributed by atoms with Crippen molar-refractivity contribution in [1.29, 1.82) is 0 Å². The van der Waals surface area contributed by atoms with Crippen molar-refractivity contribution < 1.29 is 4.79 Å². The molecule has 3 nitrogen and oxygen atoms in total. The van der Waals surface area contributed by atoms with E-state index in [0.717, 1.165) is 13.1 Å². The molecule has 0 radical (unpaired) electrons. The van der Waals surface area contributed by atoms with Gasteiger partial charge < -0.3 is 10.6 Å². The second kappa shape index (κ2) is 6.24. The van der Waals surface area contributed by atoms with Gasteiger partial charge in [0, 0.05) is 18.5 Å². The van der Waals surface area contributed by atoms with Gasteiger partial charge in [0.15, 0.2) is 0 Å². The minimum atomic E-state index is 0.0848. The van der Waals surface area contributed by atoms with E-state index in [2.05, 4.69) is 24.5 Å². The number of carbonyl (C=O) groups excluding carboxylic acids is 1. The molecule has 1 heterocycles. The van der Waals surface area contributed by atoms with Crippen molar-refractivity contribution in [2.45, 2.75) is 46.6 Å². The van der Waals surface area contributed by atoms with Crippen LogP contribution in [0, 0.1) is 17.8 Å². The van der Waals surface area contributed by atoms with Crippen LogP contribution in [-0.4, -0.2) is 25.0 Å². The van der Waals surface area contributed by atoms with E-state index in [0.29, 0.717) is 17.9 Å². The van der Waals surface area contributed by atoms with Gasteiger partial charge in [0.05, 0.1) is 0 Å². The quantitative estimate of drug-likeness (QED) is 0.767. The summed E-state index contributed by atoms with van der Waals surface area (Å²) in [5.74, 6) is 1.62. The summed E-state index contributed by atoms with van der Waals surface area (Å²) in [6, 6.07) is 0.325. The fourth-order valence-electron chi connectivity index (χ4n) is 2.32. The van der Waals surface area contributed by atoms with Gasteiger partial charge in [-0.25, -0.2) is 0 Å². The van der Waals surface area contributed by atoms with Crippen LogP contribution < -0.4 is 10.6 Å². The predicted octanol–water partition coefficient (Wildman–Crippen LogP) is 1.78. The maximum atomic E-state index is 11.7. The van der Waals surface area contributed by atoms with Crippen LogP contribution in [0.2, 0.25) is 0 Å². The highest BCUT2D eigenvalue weighted by molar-refractivity contribution is 5.78. The Morgan fingerprint density at radius 1 is 1.38 bits per heavy atom. The SMILES string of the molecule is CC(C)CC1CCNCC1NC(=O)C(C)C. The molecule has 0 aromatic carbocycles. The first-order valence-corrected chi connectivity index (χ1v) is 6.51. The monoisotopic (exact) mass is 226 g/mol. The number of nitrogens with one attached hydrogen (secondary N) is 2. The summed E-state index contributed by atoms with van der Waals surface area (Å²) in [5, 5.41) is 6.54. The van der Waals surface area contributed by atoms with Crippen LogP contribution in [0.15, 0.2) is 0 Å². The maximum absolute atomic E-state index is 11.7. The number of amides is 1. The second-order valence-corrected chi connectivity index (χ2v) is 5.65. The van der Waals surface area contributed by atoms with E-state index in [1.54, 1.807) is 0 Å². The zero-order valence-electron chi connectivity index (χ0n) is 11.0. The molecule has 1 aliphatic rings. The van der Waals surface area contributed by atoms with E-state index in [1.807, 2.05) is 13.8 Å². The molecule has 1 amide bonds. The van der Waals surface area contributed by atoms with Crippen LogP contribution in [0.3, 0.4) is 0 Å². The van der Waals surface area contributed by atoms with Gasteiger partial charge >= 0.3 is 0 Å². The summed E-state index contributed by atoms with van der Waals surface area (Å²) in [7, 11) is 0. The molecular weight excluding hydrogens is 200 g/mol. The zero-order valence-corrected chi connectivity index (χ0v) is 11.0. The molecule has 2 N–H and O–H groups in total. The van der Waals surface area contributed by atoms with Crippen molar-refractivity contribution in [1.82, 2.24) is 10.6 Å². The number of hydrogen-bond donors (Lipinski definition) is 2. The van der Waals surface area contributed by atoms with Gasteiger partial charge in [-0.15, -0.1) is 0 Å². The molecule has 2 atom stereocenters. The van der Waals surface area contributed by atoms with E-state index in [9.17, 15) is 4.79 Å². The van der Waals surface area contributed by atoms with Crippen molar-refractivity contribution >= 4 is 5.91 Å². The number of carbonyl (C=O) groups is 1. The molecule has 0 aliphatic carbocycles. The highest BCUT2D eigenvalue weighted by Gasteiger charge is 2.27. The van der Waals surface area contributed by atoms with Crippen molar-refractivity contribution in [3.05, 3.63) is 0 Å².